The maximum Gasteiger partial charge on any atom is 0.227 e. The van der Waals surface area contributed by atoms with Crippen LogP contribution >= 0.6 is 11.3 Å². The number of nitrogens with zero attached hydrogens (tertiary/aromatic N) is 3. The van der Waals surface area contributed by atoms with Crippen molar-refractivity contribution in [1.82, 2.24) is 15.0 Å². The number of benzene rings is 1. The molecule has 7 nitrogen and oxygen atoms in total. The number of aromatic nitrogens is 3. The molecule has 0 atom stereocenters. The Bertz CT molecular complexity index is 968. The molecule has 1 aliphatic carbocycles. The predicted octanol–water partition coefficient (Wildman–Crippen LogP) is 3.89. The van der Waals surface area contributed by atoms with Crippen molar-refractivity contribution in [3.63, 3.8) is 0 Å². The SMILES string of the molecule is CC(=O)Nc1nc(C2CC2)c(-c2ccnc(Nc3cccc(O)c3)n2)s1. The van der Waals surface area contributed by atoms with E-state index in [1.165, 1.54) is 18.3 Å². The maximum absolute atomic E-state index is 11.3. The van der Waals surface area contributed by atoms with Gasteiger partial charge >= 0.3 is 0 Å². The van der Waals surface area contributed by atoms with Crippen LogP contribution in [-0.2, 0) is 4.79 Å². The first kappa shape index (κ1) is 16.5. The Hall–Kier alpha value is -3.00. The van der Waals surface area contributed by atoms with Gasteiger partial charge in [0.25, 0.3) is 0 Å². The molecule has 132 valence electrons. The van der Waals surface area contributed by atoms with Crippen LogP contribution in [0.4, 0.5) is 16.8 Å². The van der Waals surface area contributed by atoms with Crippen molar-refractivity contribution < 1.29 is 9.90 Å². The summed E-state index contributed by atoms with van der Waals surface area (Å²) in [7, 11) is 0. The van der Waals surface area contributed by atoms with Crippen molar-refractivity contribution >= 4 is 34.0 Å². The molecule has 0 aliphatic heterocycles. The third kappa shape index (κ3) is 3.65. The first-order chi connectivity index (χ1) is 12.6. The highest BCUT2D eigenvalue weighted by Gasteiger charge is 2.31. The lowest BCUT2D eigenvalue weighted by Gasteiger charge is -2.06. The van der Waals surface area contributed by atoms with Crippen molar-refractivity contribution in [1.29, 1.82) is 0 Å². The molecule has 1 amide bonds. The molecular formula is C18H17N5O2S. The van der Waals surface area contributed by atoms with Gasteiger partial charge in [0.2, 0.25) is 11.9 Å². The molecule has 1 saturated carbocycles. The van der Waals surface area contributed by atoms with E-state index >= 15 is 0 Å². The van der Waals surface area contributed by atoms with Crippen LogP contribution in [0.25, 0.3) is 10.6 Å². The first-order valence-corrected chi connectivity index (χ1v) is 9.08. The summed E-state index contributed by atoms with van der Waals surface area (Å²) in [5, 5.41) is 16.0. The first-order valence-electron chi connectivity index (χ1n) is 8.26. The van der Waals surface area contributed by atoms with Crippen LogP contribution in [0, 0.1) is 0 Å². The minimum Gasteiger partial charge on any atom is -0.508 e. The van der Waals surface area contributed by atoms with Gasteiger partial charge in [-0.2, -0.15) is 0 Å². The Morgan fingerprint density at radius 1 is 1.27 bits per heavy atom. The molecule has 8 heteroatoms. The van der Waals surface area contributed by atoms with Crippen LogP contribution in [0.15, 0.2) is 36.5 Å². The van der Waals surface area contributed by atoms with Crippen LogP contribution in [0.3, 0.4) is 0 Å². The molecule has 2 aromatic heterocycles. The fraction of sp³-hybridized carbons (Fsp3) is 0.222. The topological polar surface area (TPSA) is 100 Å². The molecule has 3 N–H and O–H groups in total. The number of amides is 1. The number of nitrogens with one attached hydrogen (secondary N) is 2. The van der Waals surface area contributed by atoms with Gasteiger partial charge in [0.15, 0.2) is 5.13 Å². The Balaban J connectivity index is 1.65. The van der Waals surface area contributed by atoms with Gasteiger partial charge in [-0.1, -0.05) is 17.4 Å². The van der Waals surface area contributed by atoms with Crippen LogP contribution in [-0.4, -0.2) is 26.0 Å². The van der Waals surface area contributed by atoms with E-state index in [4.69, 9.17) is 0 Å². The average Bonchev–Trinajstić information content (AvgIpc) is 3.36. The number of phenols is 1. The standard InChI is InChI=1S/C18H17N5O2S/c1-10(24)20-18-23-15(11-5-6-11)16(26-18)14-7-8-19-17(22-14)21-12-3-2-4-13(25)9-12/h2-4,7-9,11,25H,5-6H2,1H3,(H,19,21,22)(H,20,23,24). The molecule has 3 aromatic rings. The van der Waals surface area contributed by atoms with Crippen molar-refractivity contribution in [2.45, 2.75) is 25.7 Å². The van der Waals surface area contributed by atoms with Crippen molar-refractivity contribution in [2.75, 3.05) is 10.6 Å². The molecule has 4 rings (SSSR count). The smallest absolute Gasteiger partial charge is 0.227 e. The summed E-state index contributed by atoms with van der Waals surface area (Å²) in [6, 6.07) is 8.62. The van der Waals surface area contributed by atoms with E-state index in [0.29, 0.717) is 22.7 Å². The lowest BCUT2D eigenvalue weighted by molar-refractivity contribution is -0.114. The Morgan fingerprint density at radius 3 is 2.85 bits per heavy atom. The van der Waals surface area contributed by atoms with E-state index in [1.807, 2.05) is 12.1 Å². The maximum atomic E-state index is 11.3. The zero-order valence-electron chi connectivity index (χ0n) is 14.1. The zero-order valence-corrected chi connectivity index (χ0v) is 14.9. The van der Waals surface area contributed by atoms with Crippen LogP contribution in [0.5, 0.6) is 5.75 Å². The molecule has 2 heterocycles. The monoisotopic (exact) mass is 367 g/mol. The Morgan fingerprint density at radius 2 is 2.12 bits per heavy atom. The summed E-state index contributed by atoms with van der Waals surface area (Å²) in [5.41, 5.74) is 2.45. The number of anilines is 3. The summed E-state index contributed by atoms with van der Waals surface area (Å²) in [5.74, 6) is 0.900. The summed E-state index contributed by atoms with van der Waals surface area (Å²) >= 11 is 1.43. The van der Waals surface area contributed by atoms with Crippen LogP contribution in [0.1, 0.15) is 31.4 Å². The molecular weight excluding hydrogens is 350 g/mol. The van der Waals surface area contributed by atoms with E-state index in [1.54, 1.807) is 24.4 Å². The third-order valence-electron chi connectivity index (χ3n) is 3.89. The summed E-state index contributed by atoms with van der Waals surface area (Å²) < 4.78 is 0. The highest BCUT2D eigenvalue weighted by atomic mass is 32.1. The van der Waals surface area contributed by atoms with Crippen molar-refractivity contribution in [2.24, 2.45) is 0 Å². The van der Waals surface area contributed by atoms with E-state index in [2.05, 4.69) is 25.6 Å². The average molecular weight is 367 g/mol. The van der Waals surface area contributed by atoms with Crippen molar-refractivity contribution in [3.05, 3.63) is 42.2 Å². The number of rotatable bonds is 5. The molecule has 0 bridgehead atoms. The highest BCUT2D eigenvalue weighted by Crippen LogP contribution is 2.46. The van der Waals surface area contributed by atoms with Gasteiger partial charge in [-0.3, -0.25) is 4.79 Å². The molecule has 26 heavy (non-hydrogen) atoms. The molecule has 1 fully saturated rings. The summed E-state index contributed by atoms with van der Waals surface area (Å²) in [6.45, 7) is 1.47. The van der Waals surface area contributed by atoms with Crippen LogP contribution in [0.2, 0.25) is 0 Å². The number of hydrogen-bond acceptors (Lipinski definition) is 7. The lowest BCUT2D eigenvalue weighted by atomic mass is 10.2. The third-order valence-corrected chi connectivity index (χ3v) is 4.90. The van der Waals surface area contributed by atoms with Gasteiger partial charge in [-0.25, -0.2) is 15.0 Å². The quantitative estimate of drug-likeness (QED) is 0.633. The number of phenolic OH excluding ortho intramolecular Hbond substituents is 1. The molecule has 0 radical (unpaired) electrons. The van der Waals surface area contributed by atoms with Gasteiger partial charge < -0.3 is 15.7 Å². The van der Waals surface area contributed by atoms with Gasteiger partial charge in [0.1, 0.15) is 5.75 Å². The number of hydrogen-bond donors (Lipinski definition) is 3. The minimum atomic E-state index is -0.137. The van der Waals surface area contributed by atoms with Gasteiger partial charge in [-0.15, -0.1) is 0 Å². The number of carbonyl (C=O) groups is 1. The van der Waals surface area contributed by atoms with E-state index in [9.17, 15) is 9.90 Å². The normalized spacial score (nSPS) is 13.4. The molecule has 1 aliphatic rings. The summed E-state index contributed by atoms with van der Waals surface area (Å²) in [4.78, 5) is 25.7. The Kier molecular flexibility index (Phi) is 4.26. The second-order valence-electron chi connectivity index (χ2n) is 6.13. The van der Waals surface area contributed by atoms with E-state index in [0.717, 1.165) is 29.1 Å². The summed E-state index contributed by atoms with van der Waals surface area (Å²) in [6.07, 6.45) is 3.90. The number of carbonyl (C=O) groups excluding carboxylic acids is 1. The molecule has 0 unspecified atom stereocenters. The predicted molar refractivity (Wildman–Crippen MR) is 101 cm³/mol. The van der Waals surface area contributed by atoms with Crippen molar-refractivity contribution in [3.8, 4) is 16.3 Å². The van der Waals surface area contributed by atoms with Gasteiger partial charge in [0, 0.05) is 30.8 Å². The van der Waals surface area contributed by atoms with E-state index < -0.39 is 0 Å². The van der Waals surface area contributed by atoms with Crippen LogP contribution < -0.4 is 10.6 Å². The molecule has 0 spiro atoms. The minimum absolute atomic E-state index is 0.137. The molecule has 1 aromatic carbocycles. The number of aromatic hydroxyl groups is 1. The lowest BCUT2D eigenvalue weighted by Crippen LogP contribution is -2.05. The fourth-order valence-corrected chi connectivity index (χ4v) is 3.68. The van der Waals surface area contributed by atoms with Gasteiger partial charge in [-0.05, 0) is 31.0 Å². The van der Waals surface area contributed by atoms with Gasteiger partial charge in [0.05, 0.1) is 16.3 Å². The number of thiazole rings is 1. The highest BCUT2D eigenvalue weighted by molar-refractivity contribution is 7.19. The second kappa shape index (κ2) is 6.72. The zero-order chi connectivity index (χ0) is 18.1. The second-order valence-corrected chi connectivity index (χ2v) is 7.13. The fourth-order valence-electron chi connectivity index (χ4n) is 2.61. The molecule has 0 saturated heterocycles. The Labute approximate surface area is 154 Å². The van der Waals surface area contributed by atoms with E-state index in [-0.39, 0.29) is 11.7 Å². The largest absolute Gasteiger partial charge is 0.508 e.